The van der Waals surface area contributed by atoms with E-state index in [1.54, 1.807) is 7.05 Å². The maximum Gasteiger partial charge on any atom is 0.244 e. The number of hydrogen-bond acceptors (Lipinski definition) is 3. The van der Waals surface area contributed by atoms with Crippen molar-refractivity contribution in [3.8, 4) is 0 Å². The molecule has 0 unspecified atom stereocenters. The summed E-state index contributed by atoms with van der Waals surface area (Å²) >= 11 is 5.94. The summed E-state index contributed by atoms with van der Waals surface area (Å²) in [6.45, 7) is 3.70. The normalized spacial score (nSPS) is 24.5. The standard InChI is InChI=1S/C14H20ClFN2O2S/c1-10-9-17(2)7-6-13(10)18(3)21(19,20)14-8-11(16)4-5-12(14)15/h4-5,8,10,13H,6-7,9H2,1-3H3/t10-,13-/m1/s1. The Morgan fingerprint density at radius 2 is 2.10 bits per heavy atom. The van der Waals surface area contributed by atoms with E-state index in [4.69, 9.17) is 11.6 Å². The third kappa shape index (κ3) is 3.39. The van der Waals surface area contributed by atoms with Gasteiger partial charge in [-0.3, -0.25) is 0 Å². The summed E-state index contributed by atoms with van der Waals surface area (Å²) < 4.78 is 40.1. The van der Waals surface area contributed by atoms with E-state index in [9.17, 15) is 12.8 Å². The van der Waals surface area contributed by atoms with Gasteiger partial charge in [0.1, 0.15) is 10.7 Å². The molecule has 1 aliphatic heterocycles. The van der Waals surface area contributed by atoms with E-state index in [1.807, 2.05) is 14.0 Å². The van der Waals surface area contributed by atoms with Crippen molar-refractivity contribution in [3.63, 3.8) is 0 Å². The molecule has 0 aliphatic carbocycles. The summed E-state index contributed by atoms with van der Waals surface area (Å²) in [5, 5.41) is 0.0452. The first-order valence-corrected chi connectivity index (χ1v) is 8.67. The number of piperidine rings is 1. The molecule has 1 aromatic carbocycles. The zero-order chi connectivity index (χ0) is 15.8. The molecule has 2 rings (SSSR count). The van der Waals surface area contributed by atoms with E-state index >= 15 is 0 Å². The van der Waals surface area contributed by atoms with Crippen molar-refractivity contribution in [2.24, 2.45) is 5.92 Å². The van der Waals surface area contributed by atoms with E-state index in [0.29, 0.717) is 0 Å². The molecule has 0 spiro atoms. The fourth-order valence-corrected chi connectivity index (χ4v) is 4.86. The fraction of sp³-hybridized carbons (Fsp3) is 0.571. The molecule has 1 fully saturated rings. The Balaban J connectivity index is 2.32. The lowest BCUT2D eigenvalue weighted by atomic mass is 9.94. The van der Waals surface area contributed by atoms with Crippen LogP contribution in [0.3, 0.4) is 0 Å². The number of sulfonamides is 1. The zero-order valence-corrected chi connectivity index (χ0v) is 14.0. The number of nitrogens with zero attached hydrogens (tertiary/aromatic N) is 2. The van der Waals surface area contributed by atoms with Gasteiger partial charge in [0.05, 0.1) is 5.02 Å². The highest BCUT2D eigenvalue weighted by Crippen LogP contribution is 2.29. The van der Waals surface area contributed by atoms with Crippen LogP contribution < -0.4 is 0 Å². The third-order valence-corrected chi connectivity index (χ3v) is 6.44. The predicted octanol–water partition coefficient (Wildman–Crippen LogP) is 2.44. The number of benzene rings is 1. The summed E-state index contributed by atoms with van der Waals surface area (Å²) in [5.41, 5.74) is 0. The van der Waals surface area contributed by atoms with Gasteiger partial charge in [0.25, 0.3) is 0 Å². The Morgan fingerprint density at radius 3 is 2.71 bits per heavy atom. The highest BCUT2D eigenvalue weighted by atomic mass is 35.5. The van der Waals surface area contributed by atoms with Crippen LogP contribution in [0.25, 0.3) is 0 Å². The van der Waals surface area contributed by atoms with Gasteiger partial charge in [-0.2, -0.15) is 4.31 Å². The summed E-state index contributed by atoms with van der Waals surface area (Å²) in [4.78, 5) is 2.01. The number of likely N-dealkylation sites (tertiary alicyclic amines) is 1. The molecule has 118 valence electrons. The average molecular weight is 335 g/mol. The number of halogens is 2. The average Bonchev–Trinajstić information content (AvgIpc) is 2.40. The first-order valence-electron chi connectivity index (χ1n) is 6.85. The van der Waals surface area contributed by atoms with Crippen LogP contribution in [0, 0.1) is 11.7 Å². The topological polar surface area (TPSA) is 40.6 Å². The van der Waals surface area contributed by atoms with Crippen LogP contribution in [0.5, 0.6) is 0 Å². The van der Waals surface area contributed by atoms with Crippen molar-refractivity contribution < 1.29 is 12.8 Å². The Hall–Kier alpha value is -0.690. The lowest BCUT2D eigenvalue weighted by Crippen LogP contribution is -2.49. The van der Waals surface area contributed by atoms with Crippen molar-refractivity contribution in [2.45, 2.75) is 24.3 Å². The Morgan fingerprint density at radius 1 is 1.43 bits per heavy atom. The van der Waals surface area contributed by atoms with Gasteiger partial charge in [-0.05, 0) is 44.1 Å². The quantitative estimate of drug-likeness (QED) is 0.852. The maximum atomic E-state index is 13.4. The number of rotatable bonds is 3. The minimum absolute atomic E-state index is 0.0452. The molecular weight excluding hydrogens is 315 g/mol. The SMILES string of the molecule is C[C@@H]1CN(C)CC[C@H]1N(C)S(=O)(=O)c1cc(F)ccc1Cl. The summed E-state index contributed by atoms with van der Waals surface area (Å²) in [5.74, 6) is -0.404. The van der Waals surface area contributed by atoms with Gasteiger partial charge in [-0.1, -0.05) is 18.5 Å². The summed E-state index contributed by atoms with van der Waals surface area (Å²) in [6.07, 6.45) is 0.750. The molecule has 4 nitrogen and oxygen atoms in total. The van der Waals surface area contributed by atoms with Gasteiger partial charge in [-0.15, -0.1) is 0 Å². The second-order valence-electron chi connectivity index (χ2n) is 5.69. The highest BCUT2D eigenvalue weighted by molar-refractivity contribution is 7.89. The van der Waals surface area contributed by atoms with Crippen LogP contribution in [0.2, 0.25) is 5.02 Å². The lowest BCUT2D eigenvalue weighted by molar-refractivity contribution is 0.139. The largest absolute Gasteiger partial charge is 0.306 e. The smallest absolute Gasteiger partial charge is 0.244 e. The maximum absolute atomic E-state index is 13.4. The minimum atomic E-state index is -3.80. The minimum Gasteiger partial charge on any atom is -0.306 e. The molecule has 0 radical (unpaired) electrons. The van der Waals surface area contributed by atoms with E-state index in [0.717, 1.165) is 31.6 Å². The first kappa shape index (κ1) is 16.7. The van der Waals surface area contributed by atoms with Gasteiger partial charge < -0.3 is 4.90 Å². The molecule has 1 saturated heterocycles. The Bertz CT molecular complexity index is 623. The molecule has 7 heteroatoms. The van der Waals surface area contributed by atoms with Crippen LogP contribution in [-0.2, 0) is 10.0 Å². The molecule has 0 saturated carbocycles. The highest BCUT2D eigenvalue weighted by Gasteiger charge is 2.35. The molecule has 0 N–H and O–H groups in total. The molecule has 0 amide bonds. The van der Waals surface area contributed by atoms with E-state index < -0.39 is 15.8 Å². The number of hydrogen-bond donors (Lipinski definition) is 0. The predicted molar refractivity (Wildman–Crippen MR) is 81.4 cm³/mol. The fourth-order valence-electron chi connectivity index (χ4n) is 2.89. The van der Waals surface area contributed by atoms with Gasteiger partial charge in [0, 0.05) is 19.6 Å². The molecule has 0 bridgehead atoms. The third-order valence-electron chi connectivity index (χ3n) is 4.08. The van der Waals surface area contributed by atoms with Gasteiger partial charge in [0.15, 0.2) is 0 Å². The summed E-state index contributed by atoms with van der Waals surface area (Å²) in [7, 11) is -0.236. The second kappa shape index (κ2) is 6.20. The second-order valence-corrected chi connectivity index (χ2v) is 8.06. The Labute approximate surface area is 130 Å². The zero-order valence-electron chi connectivity index (χ0n) is 12.4. The molecule has 21 heavy (non-hydrogen) atoms. The monoisotopic (exact) mass is 334 g/mol. The van der Waals surface area contributed by atoms with Crippen molar-refractivity contribution in [1.29, 1.82) is 0 Å². The lowest BCUT2D eigenvalue weighted by Gasteiger charge is -2.39. The van der Waals surface area contributed by atoms with Crippen molar-refractivity contribution in [3.05, 3.63) is 29.0 Å². The Kier molecular flexibility index (Phi) is 4.92. The van der Waals surface area contributed by atoms with Crippen LogP contribution in [0.4, 0.5) is 4.39 Å². The van der Waals surface area contributed by atoms with E-state index in [1.165, 1.54) is 10.4 Å². The van der Waals surface area contributed by atoms with Crippen molar-refractivity contribution in [1.82, 2.24) is 9.21 Å². The first-order chi connectivity index (χ1) is 9.73. The van der Waals surface area contributed by atoms with E-state index in [-0.39, 0.29) is 21.9 Å². The molecular formula is C14H20ClFN2O2S. The molecule has 0 aromatic heterocycles. The molecule has 1 heterocycles. The van der Waals surface area contributed by atoms with Crippen LogP contribution in [0.15, 0.2) is 23.1 Å². The summed E-state index contributed by atoms with van der Waals surface area (Å²) in [6, 6.07) is 3.30. The van der Waals surface area contributed by atoms with Crippen molar-refractivity contribution >= 4 is 21.6 Å². The van der Waals surface area contributed by atoms with Crippen LogP contribution in [0.1, 0.15) is 13.3 Å². The van der Waals surface area contributed by atoms with Gasteiger partial charge in [0.2, 0.25) is 10.0 Å². The van der Waals surface area contributed by atoms with E-state index in [2.05, 4.69) is 4.90 Å². The molecule has 2 atom stereocenters. The molecule has 1 aliphatic rings. The van der Waals surface area contributed by atoms with Gasteiger partial charge in [-0.25, -0.2) is 12.8 Å². The van der Waals surface area contributed by atoms with Crippen molar-refractivity contribution in [2.75, 3.05) is 27.2 Å². The molecule has 1 aromatic rings. The van der Waals surface area contributed by atoms with Crippen LogP contribution >= 0.6 is 11.6 Å². The van der Waals surface area contributed by atoms with Crippen LogP contribution in [-0.4, -0.2) is 50.8 Å². The van der Waals surface area contributed by atoms with Gasteiger partial charge >= 0.3 is 0 Å².